The zero-order valence-corrected chi connectivity index (χ0v) is 11.6. The smallest absolute Gasteiger partial charge is 0.245 e. The molecule has 0 radical (unpaired) electrons. The van der Waals surface area contributed by atoms with Crippen molar-refractivity contribution in [2.24, 2.45) is 0 Å². The quantitative estimate of drug-likeness (QED) is 0.882. The van der Waals surface area contributed by atoms with Gasteiger partial charge >= 0.3 is 0 Å². The van der Waals surface area contributed by atoms with E-state index in [1.807, 2.05) is 6.07 Å². The maximum Gasteiger partial charge on any atom is 0.245 e. The molecule has 7 heteroatoms. The number of hydrogen-bond acceptors (Lipinski definition) is 5. The molecule has 0 amide bonds. The van der Waals surface area contributed by atoms with E-state index in [-0.39, 0.29) is 0 Å². The summed E-state index contributed by atoms with van der Waals surface area (Å²) in [7, 11) is 0. The van der Waals surface area contributed by atoms with Gasteiger partial charge in [-0.3, -0.25) is 5.10 Å². The second-order valence-electron chi connectivity index (χ2n) is 4.39. The number of aromatic amines is 1. The Bertz CT molecular complexity index is 537. The fraction of sp³-hybridized carbons (Fsp3) is 0.455. The summed E-state index contributed by atoms with van der Waals surface area (Å²) in [6.45, 7) is 4.96. The lowest BCUT2D eigenvalue weighted by Crippen LogP contribution is -2.49. The van der Waals surface area contributed by atoms with Crippen molar-refractivity contribution in [1.82, 2.24) is 20.5 Å². The van der Waals surface area contributed by atoms with E-state index in [0.717, 1.165) is 37.0 Å². The molecule has 18 heavy (non-hydrogen) atoms. The van der Waals surface area contributed by atoms with E-state index in [0.29, 0.717) is 10.7 Å². The lowest BCUT2D eigenvalue weighted by atomic mass is 10.2. The summed E-state index contributed by atoms with van der Waals surface area (Å²) in [5.41, 5.74) is 0.886. The molecule has 0 aromatic carbocycles. The number of hydrogen-bond donors (Lipinski definition) is 2. The van der Waals surface area contributed by atoms with Crippen LogP contribution in [0.5, 0.6) is 0 Å². The Labute approximate surface area is 113 Å². The third-order valence-electron chi connectivity index (χ3n) is 3.00. The SMILES string of the molecule is C[C@H]1CN(c2n[nH]c(-c3ccoc3Br)n2)CCN1. The largest absolute Gasteiger partial charge is 0.457 e. The van der Waals surface area contributed by atoms with Gasteiger partial charge in [0.15, 0.2) is 10.5 Å². The van der Waals surface area contributed by atoms with Crippen LogP contribution in [0.2, 0.25) is 0 Å². The maximum atomic E-state index is 5.20. The number of furan rings is 1. The molecule has 0 saturated carbocycles. The number of aromatic nitrogens is 3. The predicted octanol–water partition coefficient (Wildman–Crippen LogP) is 1.63. The highest BCUT2D eigenvalue weighted by atomic mass is 79.9. The lowest BCUT2D eigenvalue weighted by Gasteiger charge is -2.30. The standard InChI is InChI=1S/C11H14BrN5O/c1-7-6-17(4-3-13-7)11-14-10(15-16-11)8-2-5-18-9(8)12/h2,5,7,13H,3-4,6H2,1H3,(H,14,15,16)/t7-/m0/s1. The maximum absolute atomic E-state index is 5.20. The van der Waals surface area contributed by atoms with Crippen molar-refractivity contribution in [3.8, 4) is 11.4 Å². The van der Waals surface area contributed by atoms with E-state index in [9.17, 15) is 0 Å². The van der Waals surface area contributed by atoms with Gasteiger partial charge in [0.25, 0.3) is 0 Å². The second kappa shape index (κ2) is 4.74. The second-order valence-corrected chi connectivity index (χ2v) is 5.11. The van der Waals surface area contributed by atoms with Gasteiger partial charge in [-0.05, 0) is 28.9 Å². The third-order valence-corrected chi connectivity index (χ3v) is 3.61. The minimum absolute atomic E-state index is 0.460. The van der Waals surface area contributed by atoms with Gasteiger partial charge in [-0.15, -0.1) is 5.10 Å². The molecule has 3 heterocycles. The molecule has 1 saturated heterocycles. The van der Waals surface area contributed by atoms with Crippen LogP contribution in [0.4, 0.5) is 5.95 Å². The first kappa shape index (κ1) is 11.7. The van der Waals surface area contributed by atoms with Crippen LogP contribution in [0.1, 0.15) is 6.92 Å². The Morgan fingerprint density at radius 2 is 2.44 bits per heavy atom. The summed E-state index contributed by atoms with van der Waals surface area (Å²) in [5.74, 6) is 1.46. The van der Waals surface area contributed by atoms with Gasteiger partial charge in [0.2, 0.25) is 5.95 Å². The molecule has 2 N–H and O–H groups in total. The van der Waals surface area contributed by atoms with Gasteiger partial charge in [-0.2, -0.15) is 4.98 Å². The molecule has 2 aromatic heterocycles. The van der Waals surface area contributed by atoms with Crippen LogP contribution in [0.15, 0.2) is 21.4 Å². The minimum Gasteiger partial charge on any atom is -0.457 e. The molecule has 1 atom stereocenters. The van der Waals surface area contributed by atoms with Gasteiger partial charge in [0, 0.05) is 25.7 Å². The van der Waals surface area contributed by atoms with Crippen LogP contribution in [-0.4, -0.2) is 40.9 Å². The van der Waals surface area contributed by atoms with Crippen molar-refractivity contribution in [2.75, 3.05) is 24.5 Å². The number of H-pyrrole nitrogens is 1. The Morgan fingerprint density at radius 1 is 1.56 bits per heavy atom. The highest BCUT2D eigenvalue weighted by Gasteiger charge is 2.20. The Hall–Kier alpha value is -1.34. The summed E-state index contributed by atoms with van der Waals surface area (Å²) in [6, 6.07) is 2.32. The molecule has 1 aliphatic heterocycles. The van der Waals surface area contributed by atoms with Crippen LogP contribution >= 0.6 is 15.9 Å². The van der Waals surface area contributed by atoms with Gasteiger partial charge in [-0.25, -0.2) is 0 Å². The average Bonchev–Trinajstić information content (AvgIpc) is 2.97. The fourth-order valence-corrected chi connectivity index (χ4v) is 2.52. The molecule has 96 valence electrons. The van der Waals surface area contributed by atoms with Gasteiger partial charge in [0.1, 0.15) is 0 Å². The molecule has 0 bridgehead atoms. The predicted molar refractivity (Wildman–Crippen MR) is 71.5 cm³/mol. The van der Waals surface area contributed by atoms with Crippen LogP contribution in [0, 0.1) is 0 Å². The number of halogens is 1. The summed E-state index contributed by atoms with van der Waals surface area (Å²) in [6.07, 6.45) is 1.62. The number of piperazine rings is 1. The molecular formula is C11H14BrN5O. The highest BCUT2D eigenvalue weighted by Crippen LogP contribution is 2.27. The lowest BCUT2D eigenvalue weighted by molar-refractivity contribution is 0.480. The first-order chi connectivity index (χ1) is 8.74. The molecular weight excluding hydrogens is 298 g/mol. The van der Waals surface area contributed by atoms with Crippen molar-refractivity contribution in [3.05, 3.63) is 17.0 Å². The van der Waals surface area contributed by atoms with E-state index < -0.39 is 0 Å². The topological polar surface area (TPSA) is 70.0 Å². The zero-order chi connectivity index (χ0) is 12.5. The number of nitrogens with zero attached hydrogens (tertiary/aromatic N) is 3. The average molecular weight is 312 g/mol. The molecule has 3 rings (SSSR count). The molecule has 0 aliphatic carbocycles. The van der Waals surface area contributed by atoms with Crippen LogP contribution in [0.25, 0.3) is 11.4 Å². The van der Waals surface area contributed by atoms with E-state index in [1.165, 1.54) is 0 Å². The van der Waals surface area contributed by atoms with Crippen LogP contribution < -0.4 is 10.2 Å². The van der Waals surface area contributed by atoms with E-state index >= 15 is 0 Å². The van der Waals surface area contributed by atoms with Crippen LogP contribution in [0.3, 0.4) is 0 Å². The van der Waals surface area contributed by atoms with Crippen molar-refractivity contribution in [1.29, 1.82) is 0 Å². The highest BCUT2D eigenvalue weighted by molar-refractivity contribution is 9.10. The van der Waals surface area contributed by atoms with Crippen molar-refractivity contribution in [3.63, 3.8) is 0 Å². The number of nitrogens with one attached hydrogen (secondary N) is 2. The molecule has 0 spiro atoms. The van der Waals surface area contributed by atoms with Gasteiger partial charge in [-0.1, -0.05) is 0 Å². The van der Waals surface area contributed by atoms with Gasteiger partial charge < -0.3 is 14.6 Å². The monoisotopic (exact) mass is 311 g/mol. The normalized spacial score (nSPS) is 20.3. The first-order valence-corrected chi connectivity index (χ1v) is 6.67. The van der Waals surface area contributed by atoms with Gasteiger partial charge in [0.05, 0.1) is 11.8 Å². The van der Waals surface area contributed by atoms with E-state index in [2.05, 4.69) is 48.3 Å². The Kier molecular flexibility index (Phi) is 3.09. The Morgan fingerprint density at radius 3 is 3.17 bits per heavy atom. The molecule has 0 unspecified atom stereocenters. The number of anilines is 1. The number of rotatable bonds is 2. The molecule has 1 fully saturated rings. The Balaban J connectivity index is 1.83. The zero-order valence-electron chi connectivity index (χ0n) is 9.98. The van der Waals surface area contributed by atoms with Crippen molar-refractivity contribution < 1.29 is 4.42 Å². The summed E-state index contributed by atoms with van der Waals surface area (Å²) in [4.78, 5) is 6.69. The summed E-state index contributed by atoms with van der Waals surface area (Å²) >= 11 is 3.34. The summed E-state index contributed by atoms with van der Waals surface area (Å²) < 4.78 is 5.86. The molecule has 2 aromatic rings. The molecule has 6 nitrogen and oxygen atoms in total. The third kappa shape index (κ3) is 2.15. The minimum atomic E-state index is 0.460. The fourth-order valence-electron chi connectivity index (χ4n) is 2.09. The van der Waals surface area contributed by atoms with E-state index in [4.69, 9.17) is 4.42 Å². The van der Waals surface area contributed by atoms with Crippen molar-refractivity contribution in [2.45, 2.75) is 13.0 Å². The van der Waals surface area contributed by atoms with E-state index in [1.54, 1.807) is 6.26 Å². The van der Waals surface area contributed by atoms with Crippen molar-refractivity contribution >= 4 is 21.9 Å². The van der Waals surface area contributed by atoms with Crippen LogP contribution in [-0.2, 0) is 0 Å². The summed E-state index contributed by atoms with van der Waals surface area (Å²) in [5, 5.41) is 10.6. The first-order valence-electron chi connectivity index (χ1n) is 5.88. The molecule has 1 aliphatic rings.